The van der Waals surface area contributed by atoms with Crippen molar-refractivity contribution in [1.29, 1.82) is 0 Å². The third kappa shape index (κ3) is 4.06. The molecule has 0 radical (unpaired) electrons. The maximum atomic E-state index is 11.7. The van der Waals surface area contributed by atoms with Crippen LogP contribution in [0.4, 0.5) is 4.79 Å². The molecule has 0 saturated carbocycles. The van der Waals surface area contributed by atoms with E-state index in [4.69, 9.17) is 4.74 Å². The first-order chi connectivity index (χ1) is 11.6. The van der Waals surface area contributed by atoms with E-state index in [1.807, 2.05) is 42.9 Å². The van der Waals surface area contributed by atoms with Gasteiger partial charge >= 0.3 is 6.09 Å². The van der Waals surface area contributed by atoms with Crippen molar-refractivity contribution >= 4 is 11.6 Å². The van der Waals surface area contributed by atoms with Crippen molar-refractivity contribution in [3.63, 3.8) is 0 Å². The van der Waals surface area contributed by atoms with Crippen molar-refractivity contribution in [2.45, 2.75) is 51.7 Å². The van der Waals surface area contributed by atoms with Crippen LogP contribution in [0.5, 0.6) is 0 Å². The third-order valence-corrected chi connectivity index (χ3v) is 4.44. The van der Waals surface area contributed by atoms with Gasteiger partial charge in [0.2, 0.25) is 0 Å². The second-order valence-corrected chi connectivity index (χ2v) is 6.72. The number of amides is 1. The quantitative estimate of drug-likeness (QED) is 0.916. The number of hydrogen-bond donors (Lipinski definition) is 1. The summed E-state index contributed by atoms with van der Waals surface area (Å²) in [6.07, 6.45) is 7.01. The van der Waals surface area contributed by atoms with Crippen LogP contribution in [0.25, 0.3) is 5.52 Å². The number of alkyl carbamates (subject to hydrolysis) is 1. The largest absolute Gasteiger partial charge is 0.448 e. The zero-order chi connectivity index (χ0) is 16.9. The molecule has 1 N–H and O–H groups in total. The molecule has 1 aliphatic rings. The van der Waals surface area contributed by atoms with Gasteiger partial charge in [0.1, 0.15) is 6.61 Å². The Morgan fingerprint density at radius 3 is 3.12 bits per heavy atom. The summed E-state index contributed by atoms with van der Waals surface area (Å²) >= 11 is 0. The summed E-state index contributed by atoms with van der Waals surface area (Å²) in [5, 5.41) is 7.18. The first-order valence-electron chi connectivity index (χ1n) is 8.72. The molecule has 2 aromatic rings. The van der Waals surface area contributed by atoms with Gasteiger partial charge in [0.25, 0.3) is 0 Å². The average molecular weight is 330 g/mol. The highest BCUT2D eigenvalue weighted by atomic mass is 16.5. The molecule has 6 heteroatoms. The van der Waals surface area contributed by atoms with Crippen molar-refractivity contribution in [3.05, 3.63) is 36.2 Å². The number of likely N-dealkylation sites (tertiary alicyclic amines) is 1. The van der Waals surface area contributed by atoms with Crippen LogP contribution in [0, 0.1) is 0 Å². The molecule has 3 heterocycles. The molecule has 1 amide bonds. The molecule has 0 aromatic carbocycles. The number of fused-ring (bicyclic) bond motifs is 1. The Bertz CT molecular complexity index is 682. The van der Waals surface area contributed by atoms with Crippen molar-refractivity contribution in [2.24, 2.45) is 0 Å². The van der Waals surface area contributed by atoms with E-state index < -0.39 is 0 Å². The summed E-state index contributed by atoms with van der Waals surface area (Å²) in [7, 11) is 0. The van der Waals surface area contributed by atoms with Crippen LogP contribution < -0.4 is 5.32 Å². The van der Waals surface area contributed by atoms with E-state index in [0.717, 1.165) is 25.0 Å². The lowest BCUT2D eigenvalue weighted by Crippen LogP contribution is -2.43. The van der Waals surface area contributed by atoms with Gasteiger partial charge < -0.3 is 10.1 Å². The zero-order valence-electron chi connectivity index (χ0n) is 14.4. The fourth-order valence-electron chi connectivity index (χ4n) is 3.23. The van der Waals surface area contributed by atoms with E-state index in [9.17, 15) is 4.79 Å². The number of carbonyl (C=O) groups is 1. The van der Waals surface area contributed by atoms with E-state index in [1.54, 1.807) is 0 Å². The number of piperidine rings is 1. The van der Waals surface area contributed by atoms with Crippen molar-refractivity contribution in [2.75, 3.05) is 13.2 Å². The van der Waals surface area contributed by atoms with Gasteiger partial charge in [-0.25, -0.2) is 9.31 Å². The van der Waals surface area contributed by atoms with Crippen LogP contribution in [0.2, 0.25) is 0 Å². The highest BCUT2D eigenvalue weighted by Gasteiger charge is 2.24. The van der Waals surface area contributed by atoms with Crippen LogP contribution in [-0.2, 0) is 11.3 Å². The van der Waals surface area contributed by atoms with Gasteiger partial charge in [0.15, 0.2) is 0 Å². The molecule has 0 aliphatic carbocycles. The Kier molecular flexibility index (Phi) is 5.35. The number of carbonyl (C=O) groups excluding carboxylic acids is 1. The molecule has 1 aliphatic heterocycles. The smallest absolute Gasteiger partial charge is 0.407 e. The Balaban J connectivity index is 1.63. The summed E-state index contributed by atoms with van der Waals surface area (Å²) in [4.78, 5) is 14.1. The SMILES string of the molecule is CC(C)NC(=O)OCC1CCCCN1Cc1cnn2ccccc12. The van der Waals surface area contributed by atoms with Crippen LogP contribution in [0.1, 0.15) is 38.7 Å². The fourth-order valence-corrected chi connectivity index (χ4v) is 3.23. The molecule has 24 heavy (non-hydrogen) atoms. The van der Waals surface area contributed by atoms with Crippen LogP contribution >= 0.6 is 0 Å². The predicted octanol–water partition coefficient (Wildman–Crippen LogP) is 2.82. The number of rotatable bonds is 5. The molecule has 1 saturated heterocycles. The maximum Gasteiger partial charge on any atom is 0.407 e. The second-order valence-electron chi connectivity index (χ2n) is 6.72. The van der Waals surface area contributed by atoms with Crippen LogP contribution in [0.3, 0.4) is 0 Å². The molecule has 1 atom stereocenters. The van der Waals surface area contributed by atoms with E-state index >= 15 is 0 Å². The highest BCUT2D eigenvalue weighted by Crippen LogP contribution is 2.22. The normalized spacial score (nSPS) is 18.9. The zero-order valence-corrected chi connectivity index (χ0v) is 14.4. The summed E-state index contributed by atoms with van der Waals surface area (Å²) in [5.74, 6) is 0. The number of aromatic nitrogens is 2. The Morgan fingerprint density at radius 1 is 1.42 bits per heavy atom. The molecule has 2 aromatic heterocycles. The summed E-state index contributed by atoms with van der Waals surface area (Å²) in [6.45, 7) is 6.17. The third-order valence-electron chi connectivity index (χ3n) is 4.44. The lowest BCUT2D eigenvalue weighted by molar-refractivity contribution is 0.0634. The van der Waals surface area contributed by atoms with Crippen molar-refractivity contribution in [1.82, 2.24) is 19.8 Å². The minimum atomic E-state index is -0.327. The first kappa shape index (κ1) is 16.8. The number of nitrogens with zero attached hydrogens (tertiary/aromatic N) is 3. The number of ether oxygens (including phenoxy) is 1. The van der Waals surface area contributed by atoms with Crippen molar-refractivity contribution in [3.8, 4) is 0 Å². The van der Waals surface area contributed by atoms with E-state index in [2.05, 4.69) is 21.4 Å². The summed E-state index contributed by atoms with van der Waals surface area (Å²) in [5.41, 5.74) is 2.36. The van der Waals surface area contributed by atoms with Crippen molar-refractivity contribution < 1.29 is 9.53 Å². The van der Waals surface area contributed by atoms with Gasteiger partial charge in [0, 0.05) is 30.4 Å². The average Bonchev–Trinajstić information content (AvgIpc) is 2.97. The number of nitrogens with one attached hydrogen (secondary N) is 1. The Labute approximate surface area is 142 Å². The molecular formula is C18H26N4O2. The molecule has 0 bridgehead atoms. The van der Waals surface area contributed by atoms with E-state index in [0.29, 0.717) is 6.61 Å². The first-order valence-corrected chi connectivity index (χ1v) is 8.72. The van der Waals surface area contributed by atoms with Gasteiger partial charge in [-0.05, 0) is 45.4 Å². The van der Waals surface area contributed by atoms with Crippen LogP contribution in [-0.4, -0.2) is 45.8 Å². The molecule has 0 spiro atoms. The number of hydrogen-bond acceptors (Lipinski definition) is 4. The molecular weight excluding hydrogens is 304 g/mol. The van der Waals surface area contributed by atoms with E-state index in [1.165, 1.54) is 18.4 Å². The van der Waals surface area contributed by atoms with E-state index in [-0.39, 0.29) is 18.2 Å². The maximum absolute atomic E-state index is 11.7. The second kappa shape index (κ2) is 7.66. The molecule has 130 valence electrons. The lowest BCUT2D eigenvalue weighted by Gasteiger charge is -2.35. The molecule has 3 rings (SSSR count). The molecule has 6 nitrogen and oxygen atoms in total. The topological polar surface area (TPSA) is 58.9 Å². The lowest BCUT2D eigenvalue weighted by atomic mass is 10.0. The minimum absolute atomic E-state index is 0.0961. The highest BCUT2D eigenvalue weighted by molar-refractivity contribution is 5.67. The van der Waals surface area contributed by atoms with Gasteiger partial charge in [-0.15, -0.1) is 0 Å². The van der Waals surface area contributed by atoms with Gasteiger partial charge in [-0.2, -0.15) is 5.10 Å². The van der Waals surface area contributed by atoms with Gasteiger partial charge in [0.05, 0.1) is 11.7 Å². The number of pyridine rings is 1. The monoisotopic (exact) mass is 330 g/mol. The fraction of sp³-hybridized carbons (Fsp3) is 0.556. The Hall–Kier alpha value is -2.08. The van der Waals surface area contributed by atoms with Crippen LogP contribution in [0.15, 0.2) is 30.6 Å². The van der Waals surface area contributed by atoms with Gasteiger partial charge in [-0.1, -0.05) is 12.5 Å². The Morgan fingerprint density at radius 2 is 2.29 bits per heavy atom. The standard InChI is InChI=1S/C18H26N4O2/c1-14(2)20-18(23)24-13-16-7-3-5-9-21(16)12-15-11-19-22-10-6-4-8-17(15)22/h4,6,8,10-11,14,16H,3,5,7,9,12-13H2,1-2H3,(H,20,23). The molecule has 1 unspecified atom stereocenters. The van der Waals surface area contributed by atoms with Gasteiger partial charge in [-0.3, -0.25) is 4.90 Å². The minimum Gasteiger partial charge on any atom is -0.448 e. The molecule has 1 fully saturated rings. The predicted molar refractivity (Wildman–Crippen MR) is 92.9 cm³/mol. The summed E-state index contributed by atoms with van der Waals surface area (Å²) < 4.78 is 7.32. The summed E-state index contributed by atoms with van der Waals surface area (Å²) in [6, 6.07) is 6.48.